The van der Waals surface area contributed by atoms with Crippen molar-refractivity contribution in [2.45, 2.75) is 32.1 Å². The van der Waals surface area contributed by atoms with Gasteiger partial charge in [-0.3, -0.25) is 4.98 Å². The summed E-state index contributed by atoms with van der Waals surface area (Å²) in [5.74, 6) is 1.96. The van der Waals surface area contributed by atoms with E-state index in [4.69, 9.17) is 19.2 Å². The van der Waals surface area contributed by atoms with Crippen LogP contribution >= 0.6 is 15.9 Å². The zero-order valence-corrected chi connectivity index (χ0v) is 24.8. The van der Waals surface area contributed by atoms with E-state index in [9.17, 15) is 0 Å². The molecule has 0 aliphatic carbocycles. The van der Waals surface area contributed by atoms with Crippen LogP contribution in [0.4, 0.5) is 0 Å². The molecule has 2 aromatic carbocycles. The Hall–Kier alpha value is -3.16. The summed E-state index contributed by atoms with van der Waals surface area (Å²) in [7, 11) is 9.27. The normalized spacial score (nSPS) is 13.0. The van der Waals surface area contributed by atoms with E-state index in [1.807, 2.05) is 24.3 Å². The number of aryl methyl sites for hydroxylation is 2. The van der Waals surface area contributed by atoms with E-state index < -0.39 is 0 Å². The number of pyridine rings is 2. The SMILES string of the molecule is COc1cccc(C(c2cc3cc(Br)ccc3nc2OC)C(CCN(C)C)c2cc(C)nc(C)c2)c1OC. The highest BCUT2D eigenvalue weighted by molar-refractivity contribution is 9.10. The molecular formula is C31H36BrN3O3. The number of benzene rings is 2. The lowest BCUT2D eigenvalue weighted by Crippen LogP contribution is -2.22. The molecule has 0 spiro atoms. The van der Waals surface area contributed by atoms with Gasteiger partial charge in [-0.15, -0.1) is 0 Å². The predicted molar refractivity (Wildman–Crippen MR) is 157 cm³/mol. The number of ether oxygens (including phenoxy) is 3. The first kappa shape index (κ1) is 27.9. The van der Waals surface area contributed by atoms with Crippen molar-refractivity contribution in [3.63, 3.8) is 0 Å². The van der Waals surface area contributed by atoms with Crippen molar-refractivity contribution in [1.29, 1.82) is 0 Å². The summed E-state index contributed by atoms with van der Waals surface area (Å²) in [5.41, 5.74) is 6.13. The summed E-state index contributed by atoms with van der Waals surface area (Å²) in [6.45, 7) is 5.01. The number of hydrogen-bond donors (Lipinski definition) is 0. The fourth-order valence-corrected chi connectivity index (χ4v) is 5.67. The topological polar surface area (TPSA) is 56.7 Å². The molecule has 7 heteroatoms. The lowest BCUT2D eigenvalue weighted by atomic mass is 9.75. The Bertz CT molecular complexity index is 1400. The third-order valence-electron chi connectivity index (χ3n) is 6.89. The fourth-order valence-electron chi connectivity index (χ4n) is 5.29. The molecule has 200 valence electrons. The molecule has 6 nitrogen and oxygen atoms in total. The van der Waals surface area contributed by atoms with Crippen LogP contribution in [-0.4, -0.2) is 56.8 Å². The van der Waals surface area contributed by atoms with Crippen molar-refractivity contribution in [2.24, 2.45) is 0 Å². The van der Waals surface area contributed by atoms with Gasteiger partial charge in [0.1, 0.15) is 0 Å². The fraction of sp³-hybridized carbons (Fsp3) is 0.355. The molecule has 2 heterocycles. The van der Waals surface area contributed by atoms with Crippen LogP contribution in [0.1, 0.15) is 46.3 Å². The van der Waals surface area contributed by atoms with Crippen LogP contribution < -0.4 is 14.2 Å². The zero-order valence-electron chi connectivity index (χ0n) is 23.2. The molecule has 0 saturated carbocycles. The lowest BCUT2D eigenvalue weighted by molar-refractivity contribution is 0.340. The number of halogens is 1. The van der Waals surface area contributed by atoms with E-state index in [-0.39, 0.29) is 11.8 Å². The van der Waals surface area contributed by atoms with E-state index >= 15 is 0 Å². The van der Waals surface area contributed by atoms with Crippen LogP contribution in [-0.2, 0) is 0 Å². The van der Waals surface area contributed by atoms with Crippen molar-refractivity contribution >= 4 is 26.8 Å². The summed E-state index contributed by atoms with van der Waals surface area (Å²) in [4.78, 5) is 11.8. The maximum atomic E-state index is 5.99. The molecule has 0 bridgehead atoms. The van der Waals surface area contributed by atoms with Gasteiger partial charge in [0.25, 0.3) is 0 Å². The summed E-state index contributed by atoms with van der Waals surface area (Å²) in [5, 5.41) is 1.04. The average Bonchev–Trinajstić information content (AvgIpc) is 2.89. The van der Waals surface area contributed by atoms with Crippen LogP contribution in [0, 0.1) is 13.8 Å². The molecule has 4 aromatic rings. The maximum absolute atomic E-state index is 5.99. The molecule has 0 amide bonds. The van der Waals surface area contributed by atoms with E-state index in [1.165, 1.54) is 5.56 Å². The van der Waals surface area contributed by atoms with Gasteiger partial charge in [0.15, 0.2) is 11.5 Å². The first-order valence-electron chi connectivity index (χ1n) is 12.7. The molecule has 0 N–H and O–H groups in total. The minimum atomic E-state index is -0.132. The number of fused-ring (bicyclic) bond motifs is 1. The maximum Gasteiger partial charge on any atom is 0.217 e. The average molecular weight is 579 g/mol. The van der Waals surface area contributed by atoms with Gasteiger partial charge in [0, 0.05) is 38.3 Å². The highest BCUT2D eigenvalue weighted by Gasteiger charge is 2.33. The Balaban J connectivity index is 2.07. The quantitative estimate of drug-likeness (QED) is 0.204. The smallest absolute Gasteiger partial charge is 0.217 e. The number of para-hydroxylation sites is 1. The van der Waals surface area contributed by atoms with Crippen molar-refractivity contribution < 1.29 is 14.2 Å². The summed E-state index contributed by atoms with van der Waals surface area (Å²) in [6, 6.07) is 18.8. The number of hydrogen-bond acceptors (Lipinski definition) is 6. The van der Waals surface area contributed by atoms with E-state index in [0.717, 1.165) is 50.9 Å². The third kappa shape index (κ3) is 5.94. The van der Waals surface area contributed by atoms with Crippen LogP contribution in [0.3, 0.4) is 0 Å². The van der Waals surface area contributed by atoms with Crippen molar-refractivity contribution in [3.05, 3.63) is 87.1 Å². The van der Waals surface area contributed by atoms with E-state index in [1.54, 1.807) is 21.3 Å². The third-order valence-corrected chi connectivity index (χ3v) is 7.38. The molecule has 0 aliphatic rings. The Labute approximate surface area is 234 Å². The lowest BCUT2D eigenvalue weighted by Gasteiger charge is -2.32. The summed E-state index contributed by atoms with van der Waals surface area (Å²) in [6.07, 6.45) is 0.903. The highest BCUT2D eigenvalue weighted by Crippen LogP contribution is 2.49. The number of rotatable bonds is 10. The Morgan fingerprint density at radius 1 is 0.842 bits per heavy atom. The second-order valence-electron chi connectivity index (χ2n) is 9.87. The molecule has 0 radical (unpaired) electrons. The first-order valence-corrected chi connectivity index (χ1v) is 13.5. The van der Waals surface area contributed by atoms with Gasteiger partial charge in [-0.1, -0.05) is 28.1 Å². The van der Waals surface area contributed by atoms with E-state index in [2.05, 4.69) is 84.1 Å². The number of aromatic nitrogens is 2. The van der Waals surface area contributed by atoms with Crippen molar-refractivity contribution in [3.8, 4) is 17.4 Å². The predicted octanol–water partition coefficient (Wildman–Crippen LogP) is 6.90. The molecular weight excluding hydrogens is 542 g/mol. The zero-order chi connectivity index (χ0) is 27.4. The van der Waals surface area contributed by atoms with Crippen LogP contribution in [0.25, 0.3) is 10.9 Å². The minimum Gasteiger partial charge on any atom is -0.493 e. The molecule has 0 saturated heterocycles. The van der Waals surface area contributed by atoms with Crippen LogP contribution in [0.5, 0.6) is 17.4 Å². The summed E-state index contributed by atoms with van der Waals surface area (Å²) >= 11 is 3.63. The standard InChI is InChI=1S/C31H36BrN3O3/c1-19-15-21(16-20(2)33-19)24(13-14-35(3)4)29(25-9-8-10-28(36-5)30(25)37-6)26-18-22-17-23(32)11-12-27(22)34-31(26)38-7/h8-12,15-18,24,29H,13-14H2,1-7H3. The van der Waals surface area contributed by atoms with Crippen LogP contribution in [0.2, 0.25) is 0 Å². The molecule has 2 atom stereocenters. The molecule has 4 rings (SSSR count). The second-order valence-corrected chi connectivity index (χ2v) is 10.8. The molecule has 0 aliphatic heterocycles. The van der Waals surface area contributed by atoms with E-state index in [0.29, 0.717) is 17.4 Å². The van der Waals surface area contributed by atoms with Gasteiger partial charge in [0.2, 0.25) is 5.88 Å². The van der Waals surface area contributed by atoms with Gasteiger partial charge in [-0.2, -0.15) is 0 Å². The molecule has 2 unspecified atom stereocenters. The van der Waals surface area contributed by atoms with Gasteiger partial charge in [-0.05, 0) is 94.9 Å². The van der Waals surface area contributed by atoms with Crippen molar-refractivity contribution in [2.75, 3.05) is 42.0 Å². The second kappa shape index (κ2) is 12.1. The van der Waals surface area contributed by atoms with Gasteiger partial charge < -0.3 is 19.1 Å². The number of methoxy groups -OCH3 is 3. The highest BCUT2D eigenvalue weighted by atomic mass is 79.9. The van der Waals surface area contributed by atoms with Gasteiger partial charge in [0.05, 0.1) is 26.8 Å². The largest absolute Gasteiger partial charge is 0.493 e. The van der Waals surface area contributed by atoms with Crippen LogP contribution in [0.15, 0.2) is 59.1 Å². The Kier molecular flexibility index (Phi) is 8.90. The minimum absolute atomic E-state index is 0.0825. The summed E-state index contributed by atoms with van der Waals surface area (Å²) < 4.78 is 18.7. The van der Waals surface area contributed by atoms with Gasteiger partial charge >= 0.3 is 0 Å². The molecule has 38 heavy (non-hydrogen) atoms. The van der Waals surface area contributed by atoms with Gasteiger partial charge in [-0.25, -0.2) is 4.98 Å². The monoisotopic (exact) mass is 577 g/mol. The first-order chi connectivity index (χ1) is 18.2. The molecule has 2 aromatic heterocycles. The Morgan fingerprint density at radius 2 is 1.58 bits per heavy atom. The Morgan fingerprint density at radius 3 is 2.21 bits per heavy atom. The van der Waals surface area contributed by atoms with Crippen molar-refractivity contribution in [1.82, 2.24) is 14.9 Å². The number of nitrogens with zero attached hydrogens (tertiary/aromatic N) is 3. The molecule has 0 fully saturated rings.